The number of carbonyl (C=O) groups excluding carboxylic acids is 2. The summed E-state index contributed by atoms with van der Waals surface area (Å²) in [6, 6.07) is 14.2. The minimum atomic E-state index is -0.665. The minimum Gasteiger partial charge on any atom is -0.481 e. The van der Waals surface area contributed by atoms with Crippen LogP contribution in [0.15, 0.2) is 48.5 Å². The summed E-state index contributed by atoms with van der Waals surface area (Å²) < 4.78 is 11.2. The van der Waals surface area contributed by atoms with Gasteiger partial charge in [-0.3, -0.25) is 10.1 Å². The molecule has 0 aliphatic rings. The molecule has 0 heterocycles. The second kappa shape index (κ2) is 8.53. The monoisotopic (exact) mass is 440 g/mol. The molecule has 1 atom stereocenters. The maximum atomic E-state index is 12.2. The highest BCUT2D eigenvalue weighted by molar-refractivity contribution is 14.1. The van der Waals surface area contributed by atoms with E-state index >= 15 is 0 Å². The van der Waals surface area contributed by atoms with Gasteiger partial charge in [-0.15, -0.1) is 0 Å². The molecule has 0 spiro atoms. The third kappa shape index (κ3) is 5.41. The molecule has 0 aliphatic carbocycles. The zero-order valence-electron chi connectivity index (χ0n) is 13.2. The molecule has 24 heavy (non-hydrogen) atoms. The van der Waals surface area contributed by atoms with Crippen molar-refractivity contribution in [2.45, 2.75) is 13.0 Å². The van der Waals surface area contributed by atoms with Crippen LogP contribution in [0.1, 0.15) is 6.92 Å². The second-order valence-corrected chi connectivity index (χ2v) is 6.15. The average molecular weight is 440 g/mol. The van der Waals surface area contributed by atoms with Gasteiger partial charge >= 0.3 is 6.09 Å². The van der Waals surface area contributed by atoms with Crippen LogP contribution in [0.4, 0.5) is 16.2 Å². The number of halogens is 1. The van der Waals surface area contributed by atoms with Crippen molar-refractivity contribution in [3.63, 3.8) is 0 Å². The molecule has 0 fully saturated rings. The van der Waals surface area contributed by atoms with E-state index in [0.29, 0.717) is 11.4 Å². The van der Waals surface area contributed by atoms with Crippen LogP contribution >= 0.6 is 22.6 Å². The Morgan fingerprint density at radius 2 is 1.75 bits per heavy atom. The van der Waals surface area contributed by atoms with E-state index in [2.05, 4.69) is 38.0 Å². The Morgan fingerprint density at radius 3 is 2.38 bits per heavy atom. The van der Waals surface area contributed by atoms with E-state index in [0.717, 1.165) is 9.26 Å². The number of carbonyl (C=O) groups is 2. The van der Waals surface area contributed by atoms with Crippen LogP contribution in [0.3, 0.4) is 0 Å². The number of anilines is 2. The van der Waals surface area contributed by atoms with Gasteiger partial charge < -0.3 is 14.8 Å². The van der Waals surface area contributed by atoms with Crippen LogP contribution in [0.5, 0.6) is 5.75 Å². The van der Waals surface area contributed by atoms with E-state index in [-0.39, 0.29) is 5.91 Å². The number of rotatable bonds is 5. The average Bonchev–Trinajstić information content (AvgIpc) is 2.56. The number of amides is 2. The summed E-state index contributed by atoms with van der Waals surface area (Å²) in [6.45, 7) is 1.67. The fourth-order valence-electron chi connectivity index (χ4n) is 1.85. The van der Waals surface area contributed by atoms with Crippen LogP contribution in [-0.4, -0.2) is 25.2 Å². The number of nitrogens with one attached hydrogen (secondary N) is 2. The van der Waals surface area contributed by atoms with Crippen molar-refractivity contribution < 1.29 is 19.1 Å². The molecule has 7 heteroatoms. The molecule has 6 nitrogen and oxygen atoms in total. The Balaban J connectivity index is 1.92. The van der Waals surface area contributed by atoms with Gasteiger partial charge in [-0.05, 0) is 72.0 Å². The normalized spacial score (nSPS) is 11.3. The predicted octanol–water partition coefficient (Wildman–Crippen LogP) is 3.88. The van der Waals surface area contributed by atoms with E-state index in [1.165, 1.54) is 7.11 Å². The lowest BCUT2D eigenvalue weighted by atomic mass is 10.3. The van der Waals surface area contributed by atoms with Gasteiger partial charge in [0.2, 0.25) is 0 Å². The summed E-state index contributed by atoms with van der Waals surface area (Å²) in [7, 11) is 1.29. The van der Waals surface area contributed by atoms with Gasteiger partial charge in [0, 0.05) is 14.9 Å². The second-order valence-electron chi connectivity index (χ2n) is 4.90. The third-order valence-corrected chi connectivity index (χ3v) is 3.73. The molecule has 2 aromatic carbocycles. The van der Waals surface area contributed by atoms with Gasteiger partial charge in [-0.25, -0.2) is 4.79 Å². The molecule has 2 aromatic rings. The van der Waals surface area contributed by atoms with Crippen LogP contribution < -0.4 is 15.4 Å². The first-order chi connectivity index (χ1) is 11.5. The maximum Gasteiger partial charge on any atom is 0.411 e. The highest BCUT2D eigenvalue weighted by atomic mass is 127. The van der Waals surface area contributed by atoms with Crippen molar-refractivity contribution in [1.29, 1.82) is 0 Å². The lowest BCUT2D eigenvalue weighted by Gasteiger charge is -2.15. The molecule has 2 amide bonds. The van der Waals surface area contributed by atoms with Crippen molar-refractivity contribution in [1.82, 2.24) is 0 Å². The fraction of sp³-hybridized carbons (Fsp3) is 0.176. The first kappa shape index (κ1) is 18.1. The number of hydrogen-bond acceptors (Lipinski definition) is 4. The number of benzene rings is 2. The van der Waals surface area contributed by atoms with Crippen molar-refractivity contribution in [3.05, 3.63) is 52.1 Å². The van der Waals surface area contributed by atoms with Crippen LogP contribution in [0.25, 0.3) is 0 Å². The van der Waals surface area contributed by atoms with Gasteiger partial charge in [-0.1, -0.05) is 6.07 Å². The molecule has 0 aromatic heterocycles. The fourth-order valence-corrected chi connectivity index (χ4v) is 2.40. The van der Waals surface area contributed by atoms with Crippen molar-refractivity contribution in [2.75, 3.05) is 17.7 Å². The largest absolute Gasteiger partial charge is 0.481 e. The lowest BCUT2D eigenvalue weighted by Crippen LogP contribution is -2.30. The van der Waals surface area contributed by atoms with Gasteiger partial charge in [0.05, 0.1) is 7.11 Å². The zero-order chi connectivity index (χ0) is 17.5. The van der Waals surface area contributed by atoms with Crippen molar-refractivity contribution in [2.24, 2.45) is 0 Å². The summed E-state index contributed by atoms with van der Waals surface area (Å²) in [6.07, 6.45) is -1.21. The predicted molar refractivity (Wildman–Crippen MR) is 100 cm³/mol. The van der Waals surface area contributed by atoms with Gasteiger partial charge in [0.1, 0.15) is 5.75 Å². The smallest absolute Gasteiger partial charge is 0.411 e. The van der Waals surface area contributed by atoms with Gasteiger partial charge in [0.15, 0.2) is 6.10 Å². The van der Waals surface area contributed by atoms with Crippen LogP contribution in [0, 0.1) is 3.57 Å². The lowest BCUT2D eigenvalue weighted by molar-refractivity contribution is -0.122. The molecule has 2 rings (SSSR count). The van der Waals surface area contributed by atoms with Gasteiger partial charge in [0.25, 0.3) is 5.91 Å². The Bertz CT molecular complexity index is 719. The molecular formula is C17H17IN2O4. The summed E-state index contributed by atoms with van der Waals surface area (Å²) in [5, 5.41) is 5.34. The number of ether oxygens (including phenoxy) is 2. The van der Waals surface area contributed by atoms with E-state index in [1.807, 2.05) is 24.3 Å². The SMILES string of the molecule is COC(=O)Nc1ccc(OC(C)C(=O)Nc2cccc(I)c2)cc1. The molecule has 0 saturated carbocycles. The molecule has 0 aliphatic heterocycles. The van der Waals surface area contributed by atoms with E-state index in [4.69, 9.17) is 4.74 Å². The Labute approximate surface area is 153 Å². The molecular weight excluding hydrogens is 423 g/mol. The standard InChI is InChI=1S/C17H17IN2O4/c1-11(16(21)19-14-5-3-4-12(18)10-14)24-15-8-6-13(7-9-15)20-17(22)23-2/h3-11H,1-2H3,(H,19,21)(H,20,22). The van der Waals surface area contributed by atoms with E-state index in [1.54, 1.807) is 31.2 Å². The maximum absolute atomic E-state index is 12.2. The van der Waals surface area contributed by atoms with E-state index < -0.39 is 12.2 Å². The molecule has 2 N–H and O–H groups in total. The Kier molecular flexibility index (Phi) is 6.42. The summed E-state index contributed by atoms with van der Waals surface area (Å²) in [4.78, 5) is 23.3. The summed E-state index contributed by atoms with van der Waals surface area (Å²) in [5.41, 5.74) is 1.30. The molecule has 1 unspecified atom stereocenters. The van der Waals surface area contributed by atoms with Crippen molar-refractivity contribution >= 4 is 46.0 Å². The van der Waals surface area contributed by atoms with Crippen molar-refractivity contribution in [3.8, 4) is 5.75 Å². The topological polar surface area (TPSA) is 76.7 Å². The zero-order valence-corrected chi connectivity index (χ0v) is 15.4. The molecule has 126 valence electrons. The van der Waals surface area contributed by atoms with Gasteiger partial charge in [-0.2, -0.15) is 0 Å². The quantitative estimate of drug-likeness (QED) is 0.693. The molecule has 0 saturated heterocycles. The summed E-state index contributed by atoms with van der Waals surface area (Å²) in [5.74, 6) is 0.282. The van der Waals surface area contributed by atoms with Crippen LogP contribution in [-0.2, 0) is 9.53 Å². The Hall–Kier alpha value is -2.29. The first-order valence-electron chi connectivity index (χ1n) is 7.16. The van der Waals surface area contributed by atoms with E-state index in [9.17, 15) is 9.59 Å². The first-order valence-corrected chi connectivity index (χ1v) is 8.24. The number of hydrogen-bond donors (Lipinski definition) is 2. The molecule has 0 bridgehead atoms. The van der Waals surface area contributed by atoms with Crippen LogP contribution in [0.2, 0.25) is 0 Å². The number of methoxy groups -OCH3 is 1. The Morgan fingerprint density at radius 1 is 1.04 bits per heavy atom. The highest BCUT2D eigenvalue weighted by Gasteiger charge is 2.15. The minimum absolute atomic E-state index is 0.242. The molecule has 0 radical (unpaired) electrons. The third-order valence-electron chi connectivity index (χ3n) is 3.06. The summed E-state index contributed by atoms with van der Waals surface area (Å²) >= 11 is 2.18. The highest BCUT2D eigenvalue weighted by Crippen LogP contribution is 2.18.